The van der Waals surface area contributed by atoms with Crippen molar-refractivity contribution in [3.63, 3.8) is 0 Å². The maximum Gasteiger partial charge on any atom is 0.164 e. The SMILES string of the molecule is C=C1C=c2cccc/c2=C(\c2cc(-c3ccc(-c4ccc(-c5nc(C)cc(C)n5)cc4)cc3)cc(-c3nc(-c4ccccc4)nc(-c4ccccc4)n3)c2)C/C=C\C=C/1. The van der Waals surface area contributed by atoms with Crippen LogP contribution in [-0.2, 0) is 0 Å². The van der Waals surface area contributed by atoms with Crippen molar-refractivity contribution in [1.82, 2.24) is 24.9 Å². The van der Waals surface area contributed by atoms with E-state index in [4.69, 9.17) is 15.0 Å². The summed E-state index contributed by atoms with van der Waals surface area (Å²) in [4.78, 5) is 24.6. The van der Waals surface area contributed by atoms with E-state index in [1.54, 1.807) is 0 Å². The first-order valence-corrected chi connectivity index (χ1v) is 19.8. The van der Waals surface area contributed by atoms with Crippen LogP contribution >= 0.6 is 0 Å². The molecule has 0 fully saturated rings. The normalized spacial score (nSPS) is 14.5. The monoisotopic (exact) mass is 759 g/mol. The molecule has 0 saturated carbocycles. The molecule has 0 saturated heterocycles. The third kappa shape index (κ3) is 8.27. The Balaban J connectivity index is 1.20. The maximum atomic E-state index is 5.15. The van der Waals surface area contributed by atoms with Crippen LogP contribution in [0.2, 0.25) is 0 Å². The van der Waals surface area contributed by atoms with Gasteiger partial charge in [0.1, 0.15) is 0 Å². The summed E-state index contributed by atoms with van der Waals surface area (Å²) in [6, 6.07) is 54.8. The van der Waals surface area contributed by atoms with Crippen LogP contribution in [0, 0.1) is 13.8 Å². The van der Waals surface area contributed by atoms with Crippen LogP contribution in [0.25, 0.3) is 79.5 Å². The van der Waals surface area contributed by atoms with E-state index < -0.39 is 0 Å². The molecule has 0 aliphatic heterocycles. The van der Waals surface area contributed by atoms with Crippen LogP contribution in [0.5, 0.6) is 0 Å². The van der Waals surface area contributed by atoms with Crippen molar-refractivity contribution in [3.05, 3.63) is 222 Å². The maximum absolute atomic E-state index is 5.15. The summed E-state index contributed by atoms with van der Waals surface area (Å²) in [6.45, 7) is 8.30. The summed E-state index contributed by atoms with van der Waals surface area (Å²) >= 11 is 0. The first-order chi connectivity index (χ1) is 28.9. The molecule has 282 valence electrons. The minimum atomic E-state index is 0.609. The number of aryl methyl sites for hydroxylation is 2. The van der Waals surface area contributed by atoms with E-state index in [9.17, 15) is 0 Å². The molecule has 0 N–H and O–H groups in total. The molecule has 0 amide bonds. The van der Waals surface area contributed by atoms with Crippen LogP contribution in [0.1, 0.15) is 23.4 Å². The Labute approximate surface area is 344 Å². The van der Waals surface area contributed by atoms with Gasteiger partial charge in [0.05, 0.1) is 0 Å². The third-order valence-corrected chi connectivity index (χ3v) is 10.4. The van der Waals surface area contributed by atoms with E-state index in [2.05, 4.69) is 132 Å². The van der Waals surface area contributed by atoms with Gasteiger partial charge in [0.25, 0.3) is 0 Å². The van der Waals surface area contributed by atoms with E-state index in [0.29, 0.717) is 17.5 Å². The fourth-order valence-corrected chi connectivity index (χ4v) is 7.53. The van der Waals surface area contributed by atoms with Gasteiger partial charge >= 0.3 is 0 Å². The van der Waals surface area contributed by atoms with Crippen LogP contribution in [0.3, 0.4) is 0 Å². The molecule has 0 atom stereocenters. The molecule has 9 rings (SSSR count). The predicted octanol–water partition coefficient (Wildman–Crippen LogP) is 11.3. The summed E-state index contributed by atoms with van der Waals surface area (Å²) in [5.41, 5.74) is 13.3. The van der Waals surface area contributed by atoms with Crippen molar-refractivity contribution in [2.45, 2.75) is 20.3 Å². The van der Waals surface area contributed by atoms with Crippen LogP contribution in [0.15, 0.2) is 194 Å². The second kappa shape index (κ2) is 16.5. The highest BCUT2D eigenvalue weighted by molar-refractivity contribution is 5.81. The average molecular weight is 760 g/mol. The number of fused-ring (bicyclic) bond motifs is 1. The second-order valence-electron chi connectivity index (χ2n) is 14.7. The molecule has 1 aliphatic carbocycles. The van der Waals surface area contributed by atoms with Gasteiger partial charge in [0.15, 0.2) is 23.3 Å². The van der Waals surface area contributed by atoms with E-state index in [-0.39, 0.29) is 0 Å². The van der Waals surface area contributed by atoms with Gasteiger partial charge in [-0.1, -0.05) is 164 Å². The highest BCUT2D eigenvalue weighted by Crippen LogP contribution is 2.34. The Morgan fingerprint density at radius 3 is 1.47 bits per heavy atom. The zero-order valence-corrected chi connectivity index (χ0v) is 33.0. The Morgan fingerprint density at radius 1 is 0.407 bits per heavy atom. The summed E-state index contributed by atoms with van der Waals surface area (Å²) in [6.07, 6.45) is 11.3. The van der Waals surface area contributed by atoms with Gasteiger partial charge in [-0.15, -0.1) is 0 Å². The Hall–Kier alpha value is -7.63. The molecule has 6 aromatic carbocycles. The number of allylic oxidation sites excluding steroid dienone is 5. The molecule has 5 nitrogen and oxygen atoms in total. The number of hydrogen-bond donors (Lipinski definition) is 0. The summed E-state index contributed by atoms with van der Waals surface area (Å²) in [5.74, 6) is 2.61. The van der Waals surface area contributed by atoms with Crippen molar-refractivity contribution >= 4 is 11.6 Å². The summed E-state index contributed by atoms with van der Waals surface area (Å²) < 4.78 is 0. The largest absolute Gasteiger partial charge is 0.233 e. The van der Waals surface area contributed by atoms with Crippen LogP contribution < -0.4 is 10.4 Å². The predicted molar refractivity (Wildman–Crippen MR) is 242 cm³/mol. The fraction of sp³-hybridized carbons (Fsp3) is 0.0556. The van der Waals surface area contributed by atoms with Gasteiger partial charge in [0, 0.05) is 33.6 Å². The number of benzene rings is 6. The molecule has 0 radical (unpaired) electrons. The van der Waals surface area contributed by atoms with E-state index in [1.165, 1.54) is 5.57 Å². The molecule has 59 heavy (non-hydrogen) atoms. The Kier molecular flexibility index (Phi) is 10.3. The van der Waals surface area contributed by atoms with E-state index in [0.717, 1.165) is 89.7 Å². The lowest BCUT2D eigenvalue weighted by Crippen LogP contribution is -2.27. The minimum Gasteiger partial charge on any atom is -0.233 e. The number of aromatic nitrogens is 5. The number of hydrogen-bond acceptors (Lipinski definition) is 5. The lowest BCUT2D eigenvalue weighted by Gasteiger charge is -2.15. The lowest BCUT2D eigenvalue weighted by molar-refractivity contribution is 1.06. The van der Waals surface area contributed by atoms with Crippen molar-refractivity contribution in [3.8, 4) is 67.8 Å². The van der Waals surface area contributed by atoms with Gasteiger partial charge in [-0.3, -0.25) is 0 Å². The van der Waals surface area contributed by atoms with Gasteiger partial charge < -0.3 is 0 Å². The topological polar surface area (TPSA) is 64.5 Å². The molecule has 5 heteroatoms. The van der Waals surface area contributed by atoms with Gasteiger partial charge in [0.2, 0.25) is 0 Å². The quantitative estimate of drug-likeness (QED) is 0.162. The molecule has 0 unspecified atom stereocenters. The first-order valence-electron chi connectivity index (χ1n) is 19.8. The van der Waals surface area contributed by atoms with Gasteiger partial charge in [-0.25, -0.2) is 24.9 Å². The molecule has 0 spiro atoms. The standard InChI is InChI=1S/C54H41N5/c1-36-15-7-4-12-21-50(49-22-14-13-20-45(49)31-36)47-33-46(41-25-23-39(24-26-41)40-27-29-44(30-28-40)51-55-37(2)32-38(3)56-51)34-48(35-47)54-58-52(42-16-8-5-9-17-42)57-53(59-54)43-18-10-6-11-19-43/h4-20,22-35H,1,21H2,2-3H3/b12-4-,15-7-,45-31?,50-49+. The van der Waals surface area contributed by atoms with Crippen molar-refractivity contribution in [2.75, 3.05) is 0 Å². The summed E-state index contributed by atoms with van der Waals surface area (Å²) in [7, 11) is 0. The van der Waals surface area contributed by atoms with Crippen LogP contribution in [0.4, 0.5) is 0 Å². The molecule has 8 aromatic rings. The molecular weight excluding hydrogens is 719 g/mol. The average Bonchev–Trinajstić information content (AvgIpc) is 3.28. The highest BCUT2D eigenvalue weighted by Gasteiger charge is 2.16. The Morgan fingerprint density at radius 2 is 0.864 bits per heavy atom. The lowest BCUT2D eigenvalue weighted by atomic mass is 9.91. The number of rotatable bonds is 7. The van der Waals surface area contributed by atoms with Crippen LogP contribution in [-0.4, -0.2) is 24.9 Å². The summed E-state index contributed by atoms with van der Waals surface area (Å²) in [5, 5.41) is 2.28. The highest BCUT2D eigenvalue weighted by atomic mass is 15.0. The Bertz CT molecular complexity index is 2940. The molecule has 1 aliphatic rings. The van der Waals surface area contributed by atoms with Crippen molar-refractivity contribution in [1.29, 1.82) is 0 Å². The number of nitrogens with zero attached hydrogens (tertiary/aromatic N) is 5. The molecule has 0 bridgehead atoms. The smallest absolute Gasteiger partial charge is 0.164 e. The molecular formula is C54H41N5. The van der Waals surface area contributed by atoms with E-state index >= 15 is 0 Å². The zero-order valence-electron chi connectivity index (χ0n) is 33.0. The first kappa shape index (κ1) is 37.0. The van der Waals surface area contributed by atoms with Gasteiger partial charge in [-0.05, 0) is 100 Å². The van der Waals surface area contributed by atoms with Gasteiger partial charge in [-0.2, -0.15) is 0 Å². The fourth-order valence-electron chi connectivity index (χ4n) is 7.53. The van der Waals surface area contributed by atoms with Crippen molar-refractivity contribution < 1.29 is 0 Å². The minimum absolute atomic E-state index is 0.609. The zero-order chi connectivity index (χ0) is 40.1. The molecule has 2 aromatic heterocycles. The van der Waals surface area contributed by atoms with E-state index in [1.807, 2.05) is 86.7 Å². The molecule has 2 heterocycles. The third-order valence-electron chi connectivity index (χ3n) is 10.4. The van der Waals surface area contributed by atoms with Crippen molar-refractivity contribution in [2.24, 2.45) is 0 Å². The second-order valence-corrected chi connectivity index (χ2v) is 14.7.